The molecule has 2 rings (SSSR count). The molecule has 0 saturated carbocycles. The molecule has 10 heteroatoms. The molecule has 0 aromatic heterocycles. The molecule has 0 aliphatic rings. The Bertz CT molecular complexity index is 956. The van der Waals surface area contributed by atoms with E-state index in [1.54, 1.807) is 21.6 Å². The maximum Gasteiger partial charge on any atom is 0.306 e. The minimum Gasteiger partial charge on any atom is -0.461 e. The van der Waals surface area contributed by atoms with E-state index in [-0.39, 0.29) is 23.8 Å². The van der Waals surface area contributed by atoms with Gasteiger partial charge >= 0.3 is 11.9 Å². The second kappa shape index (κ2) is 23.6. The molecule has 0 radical (unpaired) electrons. The van der Waals surface area contributed by atoms with E-state index in [0.717, 1.165) is 49.7 Å². The molecule has 0 heterocycles. The summed E-state index contributed by atoms with van der Waals surface area (Å²) in [6.07, 6.45) is 6.53. The Morgan fingerprint density at radius 1 is 0.524 bits per heavy atom. The zero-order valence-electron chi connectivity index (χ0n) is 24.4. The van der Waals surface area contributed by atoms with Crippen LogP contribution in [0.25, 0.3) is 0 Å². The van der Waals surface area contributed by atoms with E-state index in [0.29, 0.717) is 63.5 Å². The van der Waals surface area contributed by atoms with Crippen molar-refractivity contribution in [2.24, 2.45) is 0 Å². The lowest BCUT2D eigenvalue weighted by atomic mass is 10.2. The average Bonchev–Trinajstić information content (AvgIpc) is 3.01. The first-order valence-electron chi connectivity index (χ1n) is 14.7. The summed E-state index contributed by atoms with van der Waals surface area (Å²) < 4.78 is 10.5. The summed E-state index contributed by atoms with van der Waals surface area (Å²) in [5.74, 6) is 1.04. The maximum atomic E-state index is 12.0. The topological polar surface area (TPSA) is 111 Å². The van der Waals surface area contributed by atoms with Crippen LogP contribution in [-0.2, 0) is 41.9 Å². The summed E-state index contributed by atoms with van der Waals surface area (Å²) in [5.41, 5.74) is 1.96. The number of carbonyl (C=O) groups excluding carboxylic acids is 4. The van der Waals surface area contributed by atoms with E-state index < -0.39 is 0 Å². The molecule has 2 N–H and O–H groups in total. The quantitative estimate of drug-likeness (QED) is 0.0891. The minimum atomic E-state index is -0.194. The largest absolute Gasteiger partial charge is 0.461 e. The zero-order valence-corrected chi connectivity index (χ0v) is 26.0. The second-order valence-corrected chi connectivity index (χ2v) is 12.5. The predicted octanol–water partition coefficient (Wildman–Crippen LogP) is 5.99. The van der Waals surface area contributed by atoms with Gasteiger partial charge in [-0.1, -0.05) is 95.1 Å². The Balaban J connectivity index is 1.30. The van der Waals surface area contributed by atoms with Gasteiger partial charge < -0.3 is 20.1 Å². The molecule has 230 valence electrons. The average molecular weight is 617 g/mol. The number of carbonyl (C=O) groups is 4. The van der Waals surface area contributed by atoms with Gasteiger partial charge in [-0.25, -0.2) is 0 Å². The number of amides is 2. The minimum absolute atomic E-state index is 0.0209. The molecular formula is C32H44N2O6S2. The fraction of sp³-hybridized carbons (Fsp3) is 0.500. The van der Waals surface area contributed by atoms with Crippen LogP contribution in [0.1, 0.15) is 75.3 Å². The maximum absolute atomic E-state index is 12.0. The van der Waals surface area contributed by atoms with Crippen molar-refractivity contribution in [3.8, 4) is 0 Å². The first kappa shape index (κ1) is 35.2. The number of rotatable bonds is 23. The van der Waals surface area contributed by atoms with Crippen molar-refractivity contribution in [2.75, 3.05) is 24.6 Å². The van der Waals surface area contributed by atoms with E-state index in [1.807, 2.05) is 60.7 Å². The van der Waals surface area contributed by atoms with E-state index in [2.05, 4.69) is 10.6 Å². The molecule has 0 aliphatic carbocycles. The summed E-state index contributed by atoms with van der Waals surface area (Å²) in [6.45, 7) is 1.82. The van der Waals surface area contributed by atoms with Gasteiger partial charge in [0.25, 0.3) is 0 Å². The monoisotopic (exact) mass is 616 g/mol. The third-order valence-corrected chi connectivity index (χ3v) is 8.56. The van der Waals surface area contributed by atoms with Crippen LogP contribution in [0.2, 0.25) is 0 Å². The number of hydrogen-bond acceptors (Lipinski definition) is 8. The predicted molar refractivity (Wildman–Crippen MR) is 170 cm³/mol. The molecule has 0 bridgehead atoms. The molecule has 0 aliphatic heterocycles. The fourth-order valence-corrected chi connectivity index (χ4v) is 5.76. The standard InChI is InChI=1S/C32H44N2O6S2/c35-29(33-21-11-3-9-17-31(37)39-25-27-13-5-1-6-14-27)19-23-41-42-24-20-30(36)34-22-12-4-10-18-32(38)40-26-28-15-7-2-8-16-28/h1-2,5-8,13-16H,3-4,9-12,17-26H2,(H,33,35)(H,34,36). The molecule has 0 atom stereocenters. The van der Waals surface area contributed by atoms with Crippen LogP contribution in [-0.4, -0.2) is 48.3 Å². The third kappa shape index (κ3) is 19.2. The van der Waals surface area contributed by atoms with Crippen molar-refractivity contribution >= 4 is 45.3 Å². The lowest BCUT2D eigenvalue weighted by Gasteiger charge is -2.07. The van der Waals surface area contributed by atoms with E-state index >= 15 is 0 Å². The highest BCUT2D eigenvalue weighted by atomic mass is 33.1. The Morgan fingerprint density at radius 2 is 0.929 bits per heavy atom. The van der Waals surface area contributed by atoms with Crippen molar-refractivity contribution in [2.45, 2.75) is 77.4 Å². The Kier molecular flexibility index (Phi) is 19.8. The Hall–Kier alpha value is -2.98. The van der Waals surface area contributed by atoms with Crippen LogP contribution in [0.5, 0.6) is 0 Å². The molecule has 0 saturated heterocycles. The van der Waals surface area contributed by atoms with Crippen LogP contribution in [0.3, 0.4) is 0 Å². The highest BCUT2D eigenvalue weighted by Crippen LogP contribution is 2.22. The van der Waals surface area contributed by atoms with Crippen molar-refractivity contribution in [3.63, 3.8) is 0 Å². The van der Waals surface area contributed by atoms with Crippen LogP contribution in [0, 0.1) is 0 Å². The van der Waals surface area contributed by atoms with Crippen LogP contribution in [0.15, 0.2) is 60.7 Å². The first-order chi connectivity index (χ1) is 20.5. The summed E-state index contributed by atoms with van der Waals surface area (Å²) in [7, 11) is 3.20. The molecule has 8 nitrogen and oxygen atoms in total. The molecular weight excluding hydrogens is 572 g/mol. The van der Waals surface area contributed by atoms with Gasteiger partial charge in [0, 0.05) is 50.3 Å². The highest BCUT2D eigenvalue weighted by molar-refractivity contribution is 8.76. The normalized spacial score (nSPS) is 10.6. The zero-order chi connectivity index (χ0) is 30.1. The molecule has 42 heavy (non-hydrogen) atoms. The molecule has 2 aromatic rings. The van der Waals surface area contributed by atoms with E-state index in [4.69, 9.17) is 9.47 Å². The van der Waals surface area contributed by atoms with Gasteiger partial charge in [-0.15, -0.1) is 0 Å². The Labute approximate surface area is 257 Å². The van der Waals surface area contributed by atoms with Gasteiger partial charge in [-0.05, 0) is 36.8 Å². The number of hydrogen-bond donors (Lipinski definition) is 2. The summed E-state index contributed by atoms with van der Waals surface area (Å²) >= 11 is 0. The molecule has 0 unspecified atom stereocenters. The number of ether oxygens (including phenoxy) is 2. The lowest BCUT2D eigenvalue weighted by Crippen LogP contribution is -2.25. The smallest absolute Gasteiger partial charge is 0.306 e. The number of esters is 2. The molecule has 2 amide bonds. The van der Waals surface area contributed by atoms with Crippen LogP contribution < -0.4 is 10.6 Å². The molecule has 0 spiro atoms. The SMILES string of the molecule is O=C(CCSSCCC(=O)NCCCCCC(=O)OCc1ccccc1)NCCCCCC(=O)OCc1ccccc1. The van der Waals surface area contributed by atoms with Gasteiger partial charge in [-0.2, -0.15) is 0 Å². The summed E-state index contributed by atoms with van der Waals surface area (Å²) in [4.78, 5) is 47.6. The fourth-order valence-electron chi connectivity index (χ4n) is 3.78. The van der Waals surface area contributed by atoms with Gasteiger partial charge in [0.15, 0.2) is 0 Å². The van der Waals surface area contributed by atoms with Crippen molar-refractivity contribution in [1.82, 2.24) is 10.6 Å². The molecule has 0 fully saturated rings. The van der Waals surface area contributed by atoms with E-state index in [1.165, 1.54) is 0 Å². The molecule has 2 aromatic carbocycles. The summed E-state index contributed by atoms with van der Waals surface area (Å²) in [5, 5.41) is 5.83. The Morgan fingerprint density at radius 3 is 1.33 bits per heavy atom. The first-order valence-corrected chi connectivity index (χ1v) is 17.2. The van der Waals surface area contributed by atoms with Gasteiger partial charge in [0.05, 0.1) is 0 Å². The van der Waals surface area contributed by atoms with Gasteiger partial charge in [0.1, 0.15) is 13.2 Å². The third-order valence-electron chi connectivity index (χ3n) is 6.15. The summed E-state index contributed by atoms with van der Waals surface area (Å²) in [6, 6.07) is 19.2. The van der Waals surface area contributed by atoms with Gasteiger partial charge in [0.2, 0.25) is 11.8 Å². The highest BCUT2D eigenvalue weighted by Gasteiger charge is 2.06. The number of unbranched alkanes of at least 4 members (excludes halogenated alkanes) is 4. The van der Waals surface area contributed by atoms with Gasteiger partial charge in [-0.3, -0.25) is 19.2 Å². The van der Waals surface area contributed by atoms with Crippen LogP contribution in [0.4, 0.5) is 0 Å². The lowest BCUT2D eigenvalue weighted by molar-refractivity contribution is -0.146. The van der Waals surface area contributed by atoms with Crippen LogP contribution >= 0.6 is 21.6 Å². The van der Waals surface area contributed by atoms with Crippen molar-refractivity contribution in [3.05, 3.63) is 71.8 Å². The number of nitrogens with one attached hydrogen (secondary N) is 2. The van der Waals surface area contributed by atoms with Crippen molar-refractivity contribution < 1.29 is 28.7 Å². The van der Waals surface area contributed by atoms with E-state index in [9.17, 15) is 19.2 Å². The second-order valence-electron chi connectivity index (χ2n) is 9.76. The number of benzene rings is 2. The van der Waals surface area contributed by atoms with Crippen molar-refractivity contribution in [1.29, 1.82) is 0 Å².